The van der Waals surface area contributed by atoms with Crippen LogP contribution in [-0.4, -0.2) is 35.5 Å². The minimum atomic E-state index is -0.879. The molecule has 0 aliphatic heterocycles. The maximum atomic E-state index is 11.7. The van der Waals surface area contributed by atoms with Gasteiger partial charge in [0.1, 0.15) is 0 Å². The van der Waals surface area contributed by atoms with E-state index in [1.807, 2.05) is 17.5 Å². The Bertz CT molecular complexity index is 361. The van der Waals surface area contributed by atoms with Crippen LogP contribution in [0.1, 0.15) is 11.8 Å². The van der Waals surface area contributed by atoms with Crippen LogP contribution < -0.4 is 0 Å². The van der Waals surface area contributed by atoms with Crippen LogP contribution in [0, 0.1) is 5.92 Å². The number of nitrogens with zero attached hydrogens (tertiary/aromatic N) is 1. The molecule has 1 amide bonds. The van der Waals surface area contributed by atoms with Crippen LogP contribution in [0.25, 0.3) is 0 Å². The molecule has 1 atom stereocenters. The van der Waals surface area contributed by atoms with Gasteiger partial charge >= 0.3 is 5.97 Å². The van der Waals surface area contributed by atoms with E-state index in [1.54, 1.807) is 14.0 Å². The average Bonchev–Trinajstić information content (AvgIpc) is 2.69. The number of hydrogen-bond donors (Lipinski definition) is 1. The first kappa shape index (κ1) is 12.7. The summed E-state index contributed by atoms with van der Waals surface area (Å²) in [6.07, 6.45) is 0.348. The molecule has 1 N–H and O–H groups in total. The molecule has 88 valence electrons. The highest BCUT2D eigenvalue weighted by Gasteiger charge is 2.17. The van der Waals surface area contributed by atoms with Crippen molar-refractivity contribution in [3.63, 3.8) is 0 Å². The van der Waals surface area contributed by atoms with E-state index in [1.165, 1.54) is 16.2 Å². The predicted octanol–water partition coefficient (Wildman–Crippen LogP) is 1.47. The number of thiophene rings is 1. The van der Waals surface area contributed by atoms with E-state index in [9.17, 15) is 9.59 Å². The Kier molecular flexibility index (Phi) is 4.49. The zero-order chi connectivity index (χ0) is 12.1. The fourth-order valence-corrected chi connectivity index (χ4v) is 1.98. The lowest BCUT2D eigenvalue weighted by molar-refractivity contribution is -0.142. The van der Waals surface area contributed by atoms with Crippen LogP contribution in [0.5, 0.6) is 0 Å². The molecule has 0 radical (unpaired) electrons. The Labute approximate surface area is 98.5 Å². The first-order valence-corrected chi connectivity index (χ1v) is 5.88. The largest absolute Gasteiger partial charge is 0.481 e. The van der Waals surface area contributed by atoms with Gasteiger partial charge in [-0.15, -0.1) is 11.3 Å². The number of amides is 1. The molecule has 0 saturated carbocycles. The van der Waals surface area contributed by atoms with Gasteiger partial charge < -0.3 is 10.0 Å². The molecule has 0 aliphatic rings. The lowest BCUT2D eigenvalue weighted by Crippen LogP contribution is -2.34. The zero-order valence-electron chi connectivity index (χ0n) is 9.34. The average molecular weight is 241 g/mol. The van der Waals surface area contributed by atoms with E-state index in [0.717, 1.165) is 4.88 Å². The van der Waals surface area contributed by atoms with Crippen molar-refractivity contribution in [2.45, 2.75) is 13.3 Å². The van der Waals surface area contributed by atoms with Crippen molar-refractivity contribution < 1.29 is 14.7 Å². The SMILES string of the molecule is CC(CN(C)C(=O)Cc1cccs1)C(=O)O. The quantitative estimate of drug-likeness (QED) is 0.849. The van der Waals surface area contributed by atoms with Gasteiger partial charge in [-0.2, -0.15) is 0 Å². The lowest BCUT2D eigenvalue weighted by Gasteiger charge is -2.19. The molecule has 1 aromatic heterocycles. The third-order valence-corrected chi connectivity index (χ3v) is 3.18. The van der Waals surface area contributed by atoms with Crippen LogP contribution >= 0.6 is 11.3 Å². The van der Waals surface area contributed by atoms with Crippen molar-refractivity contribution in [1.29, 1.82) is 0 Å². The Hall–Kier alpha value is -1.36. The number of aliphatic carboxylic acids is 1. The molecule has 16 heavy (non-hydrogen) atoms. The van der Waals surface area contributed by atoms with Gasteiger partial charge in [0.2, 0.25) is 5.91 Å². The molecule has 1 heterocycles. The molecule has 0 aromatic carbocycles. The van der Waals surface area contributed by atoms with Gasteiger partial charge in [0, 0.05) is 18.5 Å². The molecule has 0 fully saturated rings. The monoisotopic (exact) mass is 241 g/mol. The van der Waals surface area contributed by atoms with Crippen molar-refractivity contribution in [1.82, 2.24) is 4.90 Å². The van der Waals surface area contributed by atoms with Gasteiger partial charge in [-0.05, 0) is 11.4 Å². The van der Waals surface area contributed by atoms with Crippen molar-refractivity contribution >= 4 is 23.2 Å². The summed E-state index contributed by atoms with van der Waals surface area (Å²) in [5, 5.41) is 10.7. The summed E-state index contributed by atoms with van der Waals surface area (Å²) in [7, 11) is 1.63. The molecule has 4 nitrogen and oxygen atoms in total. The van der Waals surface area contributed by atoms with Crippen LogP contribution in [0.4, 0.5) is 0 Å². The fourth-order valence-electron chi connectivity index (χ4n) is 1.29. The van der Waals surface area contributed by atoms with Crippen molar-refractivity contribution in [2.24, 2.45) is 5.92 Å². The first-order chi connectivity index (χ1) is 7.50. The standard InChI is InChI=1S/C11H15NO3S/c1-8(11(14)15)7-12(2)10(13)6-9-4-3-5-16-9/h3-5,8H,6-7H2,1-2H3,(H,14,15). The number of likely N-dealkylation sites (N-methyl/N-ethyl adjacent to an activating group) is 1. The topological polar surface area (TPSA) is 57.6 Å². The van der Waals surface area contributed by atoms with Crippen LogP contribution in [0.15, 0.2) is 17.5 Å². The number of carboxylic acids is 1. The van der Waals surface area contributed by atoms with E-state index in [-0.39, 0.29) is 12.5 Å². The molecular weight excluding hydrogens is 226 g/mol. The smallest absolute Gasteiger partial charge is 0.308 e. The second-order valence-corrected chi connectivity index (χ2v) is 4.80. The van der Waals surface area contributed by atoms with Gasteiger partial charge in [-0.25, -0.2) is 0 Å². The van der Waals surface area contributed by atoms with E-state index in [0.29, 0.717) is 6.42 Å². The van der Waals surface area contributed by atoms with Gasteiger partial charge in [-0.3, -0.25) is 9.59 Å². The minimum Gasteiger partial charge on any atom is -0.481 e. The Balaban J connectivity index is 2.45. The molecule has 0 aliphatic carbocycles. The third-order valence-electron chi connectivity index (χ3n) is 2.30. The van der Waals surface area contributed by atoms with Gasteiger partial charge in [0.05, 0.1) is 12.3 Å². The Morgan fingerprint density at radius 2 is 2.25 bits per heavy atom. The molecule has 5 heteroatoms. The van der Waals surface area contributed by atoms with Crippen LogP contribution in [-0.2, 0) is 16.0 Å². The van der Waals surface area contributed by atoms with E-state index in [2.05, 4.69) is 0 Å². The van der Waals surface area contributed by atoms with E-state index < -0.39 is 11.9 Å². The van der Waals surface area contributed by atoms with Crippen LogP contribution in [0.2, 0.25) is 0 Å². The Morgan fingerprint density at radius 3 is 2.75 bits per heavy atom. The number of rotatable bonds is 5. The molecule has 1 unspecified atom stereocenters. The summed E-state index contributed by atoms with van der Waals surface area (Å²) in [6, 6.07) is 3.80. The summed E-state index contributed by atoms with van der Waals surface area (Å²) in [5.41, 5.74) is 0. The van der Waals surface area contributed by atoms with E-state index in [4.69, 9.17) is 5.11 Å². The molecule has 0 bridgehead atoms. The first-order valence-electron chi connectivity index (χ1n) is 5.00. The zero-order valence-corrected chi connectivity index (χ0v) is 10.2. The number of carbonyl (C=O) groups excluding carboxylic acids is 1. The highest BCUT2D eigenvalue weighted by Crippen LogP contribution is 2.10. The minimum absolute atomic E-state index is 0.0458. The second-order valence-electron chi connectivity index (χ2n) is 3.77. The summed E-state index contributed by atoms with van der Waals surface area (Å²) in [6.45, 7) is 1.84. The highest BCUT2D eigenvalue weighted by molar-refractivity contribution is 7.10. The fraction of sp³-hybridized carbons (Fsp3) is 0.455. The number of carboxylic acid groups (broad SMARTS) is 1. The van der Waals surface area contributed by atoms with Gasteiger partial charge in [-0.1, -0.05) is 13.0 Å². The molecule has 0 spiro atoms. The molecule has 1 aromatic rings. The maximum absolute atomic E-state index is 11.7. The molecule has 0 saturated heterocycles. The Morgan fingerprint density at radius 1 is 1.56 bits per heavy atom. The van der Waals surface area contributed by atoms with E-state index >= 15 is 0 Å². The molecular formula is C11H15NO3S. The highest BCUT2D eigenvalue weighted by atomic mass is 32.1. The summed E-state index contributed by atoms with van der Waals surface area (Å²) in [5.74, 6) is -1.45. The summed E-state index contributed by atoms with van der Waals surface area (Å²) < 4.78 is 0. The number of carbonyl (C=O) groups is 2. The van der Waals surface area contributed by atoms with Crippen LogP contribution in [0.3, 0.4) is 0 Å². The normalized spacial score (nSPS) is 12.1. The summed E-state index contributed by atoms with van der Waals surface area (Å²) in [4.78, 5) is 24.8. The van der Waals surface area contributed by atoms with Gasteiger partial charge in [0.15, 0.2) is 0 Å². The third kappa shape index (κ3) is 3.66. The van der Waals surface area contributed by atoms with Crippen molar-refractivity contribution in [3.05, 3.63) is 22.4 Å². The van der Waals surface area contributed by atoms with Crippen molar-refractivity contribution in [3.8, 4) is 0 Å². The second kappa shape index (κ2) is 5.65. The predicted molar refractivity (Wildman–Crippen MR) is 62.5 cm³/mol. The summed E-state index contributed by atoms with van der Waals surface area (Å²) >= 11 is 1.53. The molecule has 1 rings (SSSR count). The number of hydrogen-bond acceptors (Lipinski definition) is 3. The van der Waals surface area contributed by atoms with Gasteiger partial charge in [0.25, 0.3) is 0 Å². The van der Waals surface area contributed by atoms with Crippen molar-refractivity contribution in [2.75, 3.05) is 13.6 Å². The lowest BCUT2D eigenvalue weighted by atomic mass is 10.1. The maximum Gasteiger partial charge on any atom is 0.308 e.